The van der Waals surface area contributed by atoms with Gasteiger partial charge in [0.2, 0.25) is 5.91 Å². The van der Waals surface area contributed by atoms with Crippen molar-refractivity contribution >= 4 is 5.91 Å². The standard InChI is InChI=1S/C8H15N5O/c9-8(14)7-3-1-2-5-13(7)6-4-11-12-10/h7H,1-6H2,(H2,9,14). The van der Waals surface area contributed by atoms with Gasteiger partial charge in [-0.25, -0.2) is 0 Å². The minimum Gasteiger partial charge on any atom is -0.368 e. The van der Waals surface area contributed by atoms with Crippen LogP contribution in [0.3, 0.4) is 0 Å². The number of hydrogen-bond acceptors (Lipinski definition) is 3. The largest absolute Gasteiger partial charge is 0.368 e. The van der Waals surface area contributed by atoms with Crippen LogP contribution < -0.4 is 5.73 Å². The molecule has 0 aromatic heterocycles. The zero-order valence-corrected chi connectivity index (χ0v) is 8.09. The molecule has 1 aliphatic rings. The summed E-state index contributed by atoms with van der Waals surface area (Å²) in [7, 11) is 0. The van der Waals surface area contributed by atoms with Crippen molar-refractivity contribution in [2.75, 3.05) is 19.6 Å². The number of carbonyl (C=O) groups excluding carboxylic acids is 1. The van der Waals surface area contributed by atoms with E-state index in [1.165, 1.54) is 0 Å². The van der Waals surface area contributed by atoms with Crippen molar-refractivity contribution in [1.29, 1.82) is 0 Å². The molecule has 1 fully saturated rings. The van der Waals surface area contributed by atoms with Crippen molar-refractivity contribution in [2.45, 2.75) is 25.3 Å². The molecule has 0 aliphatic carbocycles. The highest BCUT2D eigenvalue weighted by Crippen LogP contribution is 2.15. The maximum absolute atomic E-state index is 11.1. The number of likely N-dealkylation sites (tertiary alicyclic amines) is 1. The van der Waals surface area contributed by atoms with Crippen LogP contribution in [0.5, 0.6) is 0 Å². The van der Waals surface area contributed by atoms with Gasteiger partial charge in [0, 0.05) is 18.0 Å². The van der Waals surface area contributed by atoms with Gasteiger partial charge in [0.15, 0.2) is 0 Å². The van der Waals surface area contributed by atoms with Gasteiger partial charge in [-0.15, -0.1) is 0 Å². The second-order valence-electron chi connectivity index (χ2n) is 3.40. The molecule has 0 saturated carbocycles. The molecule has 1 unspecified atom stereocenters. The molecular formula is C8H15N5O. The van der Waals surface area contributed by atoms with Gasteiger partial charge < -0.3 is 5.73 Å². The molecule has 0 spiro atoms. The van der Waals surface area contributed by atoms with Crippen LogP contribution in [0.15, 0.2) is 5.11 Å². The third kappa shape index (κ3) is 2.90. The summed E-state index contributed by atoms with van der Waals surface area (Å²) in [4.78, 5) is 15.7. The van der Waals surface area contributed by atoms with Gasteiger partial charge in [0.25, 0.3) is 0 Å². The summed E-state index contributed by atoms with van der Waals surface area (Å²) in [5, 5.41) is 3.45. The Morgan fingerprint density at radius 1 is 1.64 bits per heavy atom. The van der Waals surface area contributed by atoms with Crippen LogP contribution in [0.1, 0.15) is 19.3 Å². The Kier molecular flexibility index (Phi) is 4.22. The number of hydrogen-bond donors (Lipinski definition) is 1. The van der Waals surface area contributed by atoms with E-state index in [9.17, 15) is 4.79 Å². The van der Waals surface area contributed by atoms with Gasteiger partial charge in [-0.2, -0.15) is 0 Å². The molecule has 0 aromatic carbocycles. The van der Waals surface area contributed by atoms with E-state index < -0.39 is 0 Å². The van der Waals surface area contributed by atoms with Crippen LogP contribution in [0.2, 0.25) is 0 Å². The van der Waals surface area contributed by atoms with Crippen molar-refractivity contribution in [3.8, 4) is 0 Å². The van der Waals surface area contributed by atoms with E-state index in [0.717, 1.165) is 25.8 Å². The van der Waals surface area contributed by atoms with Gasteiger partial charge in [0.1, 0.15) is 0 Å². The van der Waals surface area contributed by atoms with Crippen molar-refractivity contribution in [2.24, 2.45) is 10.8 Å². The molecule has 0 aromatic rings. The Morgan fingerprint density at radius 3 is 3.07 bits per heavy atom. The van der Waals surface area contributed by atoms with Crippen molar-refractivity contribution < 1.29 is 4.79 Å². The summed E-state index contributed by atoms with van der Waals surface area (Å²) in [6.45, 7) is 1.90. The molecule has 6 nitrogen and oxygen atoms in total. The van der Waals surface area contributed by atoms with Crippen LogP contribution >= 0.6 is 0 Å². The van der Waals surface area contributed by atoms with Gasteiger partial charge in [0.05, 0.1) is 6.04 Å². The predicted molar refractivity (Wildman–Crippen MR) is 52.4 cm³/mol. The molecule has 6 heteroatoms. The molecule has 1 saturated heterocycles. The Balaban J connectivity index is 2.45. The summed E-state index contributed by atoms with van der Waals surface area (Å²) in [6, 6.07) is -0.169. The fourth-order valence-electron chi connectivity index (χ4n) is 1.80. The van der Waals surface area contributed by atoms with E-state index >= 15 is 0 Å². The lowest BCUT2D eigenvalue weighted by Crippen LogP contribution is -2.48. The van der Waals surface area contributed by atoms with Crippen LogP contribution in [0.4, 0.5) is 0 Å². The number of rotatable bonds is 4. The molecule has 0 radical (unpaired) electrons. The van der Waals surface area contributed by atoms with Crippen molar-refractivity contribution in [3.63, 3.8) is 0 Å². The van der Waals surface area contributed by atoms with E-state index in [4.69, 9.17) is 11.3 Å². The maximum Gasteiger partial charge on any atom is 0.234 e. The monoisotopic (exact) mass is 197 g/mol. The lowest BCUT2D eigenvalue weighted by molar-refractivity contribution is -0.124. The SMILES string of the molecule is [N-]=[N+]=NCCN1CCCCC1C(N)=O. The van der Waals surface area contributed by atoms with Gasteiger partial charge in [-0.3, -0.25) is 9.69 Å². The van der Waals surface area contributed by atoms with E-state index in [2.05, 4.69) is 10.0 Å². The van der Waals surface area contributed by atoms with Gasteiger partial charge in [-0.1, -0.05) is 11.5 Å². The average Bonchev–Trinajstić information content (AvgIpc) is 2.19. The minimum atomic E-state index is -0.273. The molecule has 2 N–H and O–H groups in total. The van der Waals surface area contributed by atoms with E-state index in [-0.39, 0.29) is 11.9 Å². The molecular weight excluding hydrogens is 182 g/mol. The molecule has 1 amide bonds. The lowest BCUT2D eigenvalue weighted by atomic mass is 10.0. The quantitative estimate of drug-likeness (QED) is 0.406. The van der Waals surface area contributed by atoms with Crippen LogP contribution in [-0.4, -0.2) is 36.5 Å². The highest BCUT2D eigenvalue weighted by atomic mass is 16.1. The highest BCUT2D eigenvalue weighted by molar-refractivity contribution is 5.79. The van der Waals surface area contributed by atoms with Crippen LogP contribution in [0, 0.1) is 0 Å². The molecule has 1 atom stereocenters. The third-order valence-corrected chi connectivity index (χ3v) is 2.49. The van der Waals surface area contributed by atoms with Crippen LogP contribution in [0.25, 0.3) is 10.4 Å². The zero-order chi connectivity index (χ0) is 10.4. The molecule has 1 rings (SSSR count). The van der Waals surface area contributed by atoms with E-state index in [1.54, 1.807) is 0 Å². The summed E-state index contributed by atoms with van der Waals surface area (Å²) < 4.78 is 0. The van der Waals surface area contributed by atoms with Crippen molar-refractivity contribution in [1.82, 2.24) is 4.90 Å². The fourth-order valence-corrected chi connectivity index (χ4v) is 1.80. The van der Waals surface area contributed by atoms with Gasteiger partial charge >= 0.3 is 0 Å². The number of azide groups is 1. The minimum absolute atomic E-state index is 0.169. The number of primary amides is 1. The summed E-state index contributed by atoms with van der Waals surface area (Å²) in [6.07, 6.45) is 2.96. The third-order valence-electron chi connectivity index (χ3n) is 2.49. The van der Waals surface area contributed by atoms with Gasteiger partial charge in [-0.05, 0) is 24.9 Å². The Bertz CT molecular complexity index is 248. The normalized spacial score (nSPS) is 22.7. The summed E-state index contributed by atoms with van der Waals surface area (Å²) >= 11 is 0. The fraction of sp³-hybridized carbons (Fsp3) is 0.875. The molecule has 14 heavy (non-hydrogen) atoms. The zero-order valence-electron chi connectivity index (χ0n) is 8.09. The Labute approximate surface area is 82.7 Å². The molecule has 78 valence electrons. The highest BCUT2D eigenvalue weighted by Gasteiger charge is 2.25. The summed E-state index contributed by atoms with van der Waals surface area (Å²) in [5.41, 5.74) is 13.4. The topological polar surface area (TPSA) is 95.1 Å². The first kappa shape index (κ1) is 10.8. The van der Waals surface area contributed by atoms with Crippen molar-refractivity contribution in [3.05, 3.63) is 10.4 Å². The van der Waals surface area contributed by atoms with Crippen LogP contribution in [-0.2, 0) is 4.79 Å². The first-order valence-corrected chi connectivity index (χ1v) is 4.80. The second-order valence-corrected chi connectivity index (χ2v) is 3.40. The molecule has 1 aliphatic heterocycles. The number of nitrogens with two attached hydrogens (primary N) is 1. The lowest BCUT2D eigenvalue weighted by Gasteiger charge is -2.33. The smallest absolute Gasteiger partial charge is 0.234 e. The Hall–Kier alpha value is -1.26. The average molecular weight is 197 g/mol. The Morgan fingerprint density at radius 2 is 2.43 bits per heavy atom. The van der Waals surface area contributed by atoms with E-state index in [0.29, 0.717) is 13.1 Å². The van der Waals surface area contributed by atoms with E-state index in [1.807, 2.05) is 4.90 Å². The second kappa shape index (κ2) is 5.47. The first-order valence-electron chi connectivity index (χ1n) is 4.80. The molecule has 1 heterocycles. The number of amides is 1. The number of nitrogens with zero attached hydrogens (tertiary/aromatic N) is 4. The number of piperidine rings is 1. The summed E-state index contributed by atoms with van der Waals surface area (Å²) in [5.74, 6) is -0.273. The number of carbonyl (C=O) groups is 1. The first-order chi connectivity index (χ1) is 6.75. The maximum atomic E-state index is 11.1. The predicted octanol–water partition coefficient (Wildman–Crippen LogP) is 0.636. The molecule has 0 bridgehead atoms.